The molecule has 3 N–H and O–H groups in total. The zero-order valence-electron chi connectivity index (χ0n) is 20.0. The summed E-state index contributed by atoms with van der Waals surface area (Å²) in [5.74, 6) is -1.75. The van der Waals surface area contributed by atoms with Crippen LogP contribution in [0, 0.1) is 11.6 Å². The van der Waals surface area contributed by atoms with Gasteiger partial charge in [0, 0.05) is 34.6 Å². The minimum Gasteiger partial charge on any atom is -0.383 e. The van der Waals surface area contributed by atoms with Gasteiger partial charge in [0.1, 0.15) is 11.5 Å². The summed E-state index contributed by atoms with van der Waals surface area (Å²) in [7, 11) is 0. The minimum atomic E-state index is -1.06. The van der Waals surface area contributed by atoms with Crippen LogP contribution in [0.15, 0.2) is 42.9 Å². The van der Waals surface area contributed by atoms with Gasteiger partial charge in [0.25, 0.3) is 0 Å². The van der Waals surface area contributed by atoms with Crippen molar-refractivity contribution in [1.82, 2.24) is 40.3 Å². The quantitative estimate of drug-likeness (QED) is 0.456. The zero-order valence-corrected chi connectivity index (χ0v) is 20.0. The summed E-state index contributed by atoms with van der Waals surface area (Å²) >= 11 is 0. The van der Waals surface area contributed by atoms with Gasteiger partial charge < -0.3 is 11.1 Å². The number of nitrogens with one attached hydrogen (secondary N) is 1. The van der Waals surface area contributed by atoms with Gasteiger partial charge in [-0.25, -0.2) is 13.8 Å². The fourth-order valence-corrected chi connectivity index (χ4v) is 5.13. The van der Waals surface area contributed by atoms with Gasteiger partial charge in [-0.2, -0.15) is 9.78 Å². The van der Waals surface area contributed by atoms with Crippen molar-refractivity contribution in [2.45, 2.75) is 57.7 Å². The van der Waals surface area contributed by atoms with E-state index in [1.807, 2.05) is 10.9 Å². The molecule has 35 heavy (non-hydrogen) atoms. The molecule has 1 aliphatic heterocycles. The Hall–Kier alpha value is -3.73. The number of piperidine rings is 1. The molecule has 0 radical (unpaired) electrons. The number of pyridine rings is 1. The number of halogens is 2. The zero-order chi connectivity index (χ0) is 25.0. The van der Waals surface area contributed by atoms with E-state index in [4.69, 9.17) is 5.73 Å². The molecule has 5 rings (SSSR count). The molecule has 0 amide bonds. The number of aromatic nitrogens is 7. The number of rotatable bonds is 4. The lowest BCUT2D eigenvalue weighted by molar-refractivity contribution is 0.126. The van der Waals surface area contributed by atoms with Crippen LogP contribution in [-0.4, -0.2) is 46.0 Å². The van der Waals surface area contributed by atoms with E-state index in [2.05, 4.69) is 58.6 Å². The Morgan fingerprint density at radius 1 is 1.06 bits per heavy atom. The maximum Gasteiger partial charge on any atom is 0.190 e. The number of benzene rings is 1. The van der Waals surface area contributed by atoms with Crippen molar-refractivity contribution in [3.8, 4) is 28.2 Å². The van der Waals surface area contributed by atoms with E-state index in [0.717, 1.165) is 34.7 Å². The molecule has 0 unspecified atom stereocenters. The van der Waals surface area contributed by atoms with Crippen molar-refractivity contribution in [2.75, 3.05) is 5.73 Å². The van der Waals surface area contributed by atoms with Gasteiger partial charge in [0.2, 0.25) is 0 Å². The average Bonchev–Trinajstić information content (AvgIpc) is 3.44. The highest BCUT2D eigenvalue weighted by Gasteiger charge is 2.38. The van der Waals surface area contributed by atoms with Gasteiger partial charge in [-0.3, -0.25) is 4.68 Å². The molecule has 3 aromatic heterocycles. The summed E-state index contributed by atoms with van der Waals surface area (Å²) in [5, 5.41) is 19.8. The van der Waals surface area contributed by atoms with Crippen LogP contribution < -0.4 is 11.1 Å². The number of anilines is 1. The van der Waals surface area contributed by atoms with Crippen LogP contribution in [0.25, 0.3) is 28.2 Å². The van der Waals surface area contributed by atoms with Crippen molar-refractivity contribution in [2.24, 2.45) is 0 Å². The monoisotopic (exact) mass is 479 g/mol. The third-order valence-corrected chi connectivity index (χ3v) is 6.27. The molecule has 4 aromatic rings. The van der Waals surface area contributed by atoms with Crippen LogP contribution in [0.5, 0.6) is 0 Å². The van der Waals surface area contributed by atoms with E-state index in [0.29, 0.717) is 5.56 Å². The van der Waals surface area contributed by atoms with Gasteiger partial charge in [-0.05, 0) is 69.2 Å². The number of nitrogens with zero attached hydrogens (tertiary/aromatic N) is 7. The molecule has 0 bridgehead atoms. The van der Waals surface area contributed by atoms with Crippen LogP contribution in [0.3, 0.4) is 0 Å². The molecular formula is C24H27F2N9. The van der Waals surface area contributed by atoms with Gasteiger partial charge in [0.05, 0.1) is 17.8 Å². The summed E-state index contributed by atoms with van der Waals surface area (Å²) < 4.78 is 31.4. The van der Waals surface area contributed by atoms with E-state index in [1.54, 1.807) is 18.5 Å². The first-order valence-corrected chi connectivity index (χ1v) is 11.4. The van der Waals surface area contributed by atoms with Crippen molar-refractivity contribution in [3.63, 3.8) is 0 Å². The summed E-state index contributed by atoms with van der Waals surface area (Å²) in [5.41, 5.74) is 7.98. The molecule has 0 saturated carbocycles. The lowest BCUT2D eigenvalue weighted by atomic mass is 9.80. The minimum absolute atomic E-state index is 0.0162. The first-order valence-electron chi connectivity index (χ1n) is 11.4. The summed E-state index contributed by atoms with van der Waals surface area (Å²) in [6.45, 7) is 8.81. The van der Waals surface area contributed by atoms with Crippen LogP contribution in [-0.2, 0) is 0 Å². The summed E-state index contributed by atoms with van der Waals surface area (Å²) in [4.78, 5) is 4.31. The Morgan fingerprint density at radius 3 is 2.54 bits per heavy atom. The van der Waals surface area contributed by atoms with Crippen molar-refractivity contribution >= 4 is 5.82 Å². The molecule has 0 atom stereocenters. The van der Waals surface area contributed by atoms with Gasteiger partial charge in [-0.15, -0.1) is 5.10 Å². The van der Waals surface area contributed by atoms with E-state index < -0.39 is 11.6 Å². The van der Waals surface area contributed by atoms with Crippen molar-refractivity contribution in [3.05, 3.63) is 54.5 Å². The fourth-order valence-electron chi connectivity index (χ4n) is 5.13. The standard InChI is InChI=1S/C24H27F2N9/c1-23(2)9-16(10-24(3,4)31-23)34-13-15(12-29-34)14-8-17(21(27)28-11-14)22-30-32-33-35(22)19-7-5-6-18(25)20(19)26/h5-8,11-13,16,31H,9-10H2,1-4H3,(H2,27,28). The average molecular weight is 480 g/mol. The maximum absolute atomic E-state index is 14.4. The van der Waals surface area contributed by atoms with E-state index in [1.165, 1.54) is 12.1 Å². The van der Waals surface area contributed by atoms with E-state index in [9.17, 15) is 8.78 Å². The molecule has 0 aliphatic carbocycles. The fraction of sp³-hybridized carbons (Fsp3) is 0.375. The topological polar surface area (TPSA) is 112 Å². The SMILES string of the molecule is CC1(C)CC(n2cc(-c3cnc(N)c(-c4nnnn4-c4cccc(F)c4F)c3)cn2)CC(C)(C)N1. The number of hydrogen-bond acceptors (Lipinski definition) is 7. The lowest BCUT2D eigenvalue weighted by Crippen LogP contribution is -2.58. The molecule has 1 aromatic carbocycles. The third kappa shape index (κ3) is 4.39. The van der Waals surface area contributed by atoms with Gasteiger partial charge in [-0.1, -0.05) is 6.07 Å². The molecule has 11 heteroatoms. The Morgan fingerprint density at radius 2 is 1.80 bits per heavy atom. The molecule has 0 spiro atoms. The number of hydrogen-bond donors (Lipinski definition) is 2. The number of nitrogen functional groups attached to an aromatic ring is 1. The third-order valence-electron chi connectivity index (χ3n) is 6.27. The lowest BCUT2D eigenvalue weighted by Gasteiger charge is -2.46. The predicted molar refractivity (Wildman–Crippen MR) is 127 cm³/mol. The Balaban J connectivity index is 1.50. The van der Waals surface area contributed by atoms with E-state index in [-0.39, 0.29) is 34.4 Å². The largest absolute Gasteiger partial charge is 0.383 e. The molecule has 9 nitrogen and oxygen atoms in total. The van der Waals surface area contributed by atoms with Crippen molar-refractivity contribution < 1.29 is 8.78 Å². The second-order valence-corrected chi connectivity index (χ2v) is 10.3. The van der Waals surface area contributed by atoms with Crippen molar-refractivity contribution in [1.29, 1.82) is 0 Å². The smallest absolute Gasteiger partial charge is 0.190 e. The molecular weight excluding hydrogens is 452 g/mol. The Kier molecular flexibility index (Phi) is 5.39. The highest BCUT2D eigenvalue weighted by Crippen LogP contribution is 2.37. The maximum atomic E-state index is 14.4. The summed E-state index contributed by atoms with van der Waals surface area (Å²) in [6.07, 6.45) is 7.31. The highest BCUT2D eigenvalue weighted by atomic mass is 19.2. The van der Waals surface area contributed by atoms with E-state index >= 15 is 0 Å². The second kappa shape index (κ2) is 8.19. The van der Waals surface area contributed by atoms with Gasteiger partial charge in [0.15, 0.2) is 17.5 Å². The molecule has 1 aliphatic rings. The Bertz CT molecular complexity index is 1370. The first kappa shape index (κ1) is 23.0. The number of tetrazole rings is 1. The normalized spacial score (nSPS) is 17.5. The highest BCUT2D eigenvalue weighted by molar-refractivity contribution is 5.76. The number of nitrogens with two attached hydrogens (primary N) is 1. The molecule has 1 saturated heterocycles. The van der Waals surface area contributed by atoms with Gasteiger partial charge >= 0.3 is 0 Å². The van der Waals surface area contributed by atoms with Crippen LogP contribution in [0.1, 0.15) is 46.6 Å². The second-order valence-electron chi connectivity index (χ2n) is 10.3. The Labute approximate surface area is 201 Å². The molecule has 4 heterocycles. The van der Waals surface area contributed by atoms with Crippen LogP contribution >= 0.6 is 0 Å². The predicted octanol–water partition coefficient (Wildman–Crippen LogP) is 3.93. The van der Waals surface area contributed by atoms with Crippen LogP contribution in [0.2, 0.25) is 0 Å². The first-order chi connectivity index (χ1) is 16.5. The molecule has 1 fully saturated rings. The molecule has 182 valence electrons. The van der Waals surface area contributed by atoms with Crippen LogP contribution in [0.4, 0.5) is 14.6 Å². The summed E-state index contributed by atoms with van der Waals surface area (Å²) in [6, 6.07) is 5.81.